The monoisotopic (exact) mass is 253 g/mol. The molecule has 0 bridgehead atoms. The molecule has 0 aliphatic carbocycles. The Balaban J connectivity index is 2.01. The van der Waals surface area contributed by atoms with E-state index in [9.17, 15) is 0 Å². The number of rotatable bonds is 2. The van der Waals surface area contributed by atoms with Crippen LogP contribution in [0.2, 0.25) is 0 Å². The van der Waals surface area contributed by atoms with E-state index in [1.807, 2.05) is 50.2 Å². The first-order chi connectivity index (χ1) is 9.13. The van der Waals surface area contributed by atoms with Gasteiger partial charge in [0.2, 0.25) is 0 Å². The fourth-order valence-electron chi connectivity index (χ4n) is 2.12. The van der Waals surface area contributed by atoms with Gasteiger partial charge in [0, 0.05) is 18.7 Å². The van der Waals surface area contributed by atoms with Crippen LogP contribution in [0.4, 0.5) is 17.1 Å². The number of aromatic nitrogens is 1. The third-order valence-electron chi connectivity index (χ3n) is 3.07. The highest BCUT2D eigenvalue weighted by Crippen LogP contribution is 2.28. The quantitative estimate of drug-likeness (QED) is 0.682. The van der Waals surface area contributed by atoms with Gasteiger partial charge >= 0.3 is 0 Å². The van der Waals surface area contributed by atoms with Crippen LogP contribution in [0.3, 0.4) is 0 Å². The van der Waals surface area contributed by atoms with Crippen LogP contribution in [0.15, 0.2) is 40.8 Å². The second-order valence-electron chi connectivity index (χ2n) is 4.58. The summed E-state index contributed by atoms with van der Waals surface area (Å²) < 4.78 is 5.52. The molecule has 3 aromatic rings. The number of hydrogen-bond acceptors (Lipinski definition) is 4. The summed E-state index contributed by atoms with van der Waals surface area (Å²) in [6, 6.07) is 11.7. The van der Waals surface area contributed by atoms with E-state index in [0.717, 1.165) is 33.7 Å². The predicted molar refractivity (Wildman–Crippen MR) is 77.6 cm³/mol. The first kappa shape index (κ1) is 11.6. The van der Waals surface area contributed by atoms with Crippen LogP contribution in [0, 0.1) is 13.8 Å². The molecule has 3 rings (SSSR count). The molecule has 0 amide bonds. The first-order valence-corrected chi connectivity index (χ1v) is 6.13. The Morgan fingerprint density at radius 3 is 2.79 bits per heavy atom. The molecule has 0 aliphatic rings. The van der Waals surface area contributed by atoms with Gasteiger partial charge in [0.05, 0.1) is 11.4 Å². The zero-order valence-corrected chi connectivity index (χ0v) is 10.9. The number of nitrogen functional groups attached to an aromatic ring is 1. The second kappa shape index (κ2) is 4.31. The smallest absolute Gasteiger partial charge is 0.192 e. The van der Waals surface area contributed by atoms with E-state index in [1.54, 1.807) is 0 Å². The number of anilines is 3. The minimum atomic E-state index is 0.669. The maximum absolute atomic E-state index is 5.99. The van der Waals surface area contributed by atoms with Gasteiger partial charge in [0.25, 0.3) is 0 Å². The van der Waals surface area contributed by atoms with Crippen LogP contribution in [0.25, 0.3) is 11.1 Å². The van der Waals surface area contributed by atoms with Crippen molar-refractivity contribution in [3.05, 3.63) is 47.9 Å². The normalized spacial score (nSPS) is 10.8. The largest absolute Gasteiger partial charge is 0.441 e. The van der Waals surface area contributed by atoms with E-state index >= 15 is 0 Å². The number of para-hydroxylation sites is 1. The van der Waals surface area contributed by atoms with Crippen LogP contribution in [-0.4, -0.2) is 4.98 Å². The van der Waals surface area contributed by atoms with E-state index < -0.39 is 0 Å². The van der Waals surface area contributed by atoms with Crippen molar-refractivity contribution in [3.63, 3.8) is 0 Å². The van der Waals surface area contributed by atoms with Crippen molar-refractivity contribution in [2.75, 3.05) is 11.1 Å². The van der Waals surface area contributed by atoms with E-state index in [0.29, 0.717) is 5.89 Å². The third-order valence-corrected chi connectivity index (χ3v) is 3.07. The average Bonchev–Trinajstić information content (AvgIpc) is 2.73. The summed E-state index contributed by atoms with van der Waals surface area (Å²) >= 11 is 0. The Labute approximate surface area is 111 Å². The minimum absolute atomic E-state index is 0.669. The van der Waals surface area contributed by atoms with E-state index in [1.165, 1.54) is 0 Å². The predicted octanol–water partition coefficient (Wildman–Crippen LogP) is 3.77. The topological polar surface area (TPSA) is 64.1 Å². The Hall–Kier alpha value is -2.49. The summed E-state index contributed by atoms with van der Waals surface area (Å²) in [7, 11) is 0. The number of nitrogens with zero attached hydrogens (tertiary/aromatic N) is 1. The molecule has 3 N–H and O–H groups in total. The summed E-state index contributed by atoms with van der Waals surface area (Å²) in [5, 5.41) is 3.33. The lowest BCUT2D eigenvalue weighted by molar-refractivity contribution is 0.561. The molecular formula is C15H15N3O. The molecule has 0 fully saturated rings. The van der Waals surface area contributed by atoms with E-state index in [-0.39, 0.29) is 0 Å². The number of fused-ring (bicyclic) bond motifs is 1. The standard InChI is InChI=1S/C15H15N3O/c1-9-4-3-5-12(16)15(9)18-11-6-7-13-14(8-11)19-10(2)17-13/h3-8,18H,16H2,1-2H3. The van der Waals surface area contributed by atoms with Crippen LogP contribution >= 0.6 is 0 Å². The molecule has 0 atom stereocenters. The van der Waals surface area contributed by atoms with Gasteiger partial charge in [-0.1, -0.05) is 12.1 Å². The highest BCUT2D eigenvalue weighted by atomic mass is 16.3. The highest BCUT2D eigenvalue weighted by Gasteiger charge is 2.06. The summed E-state index contributed by atoms with van der Waals surface area (Å²) in [5.74, 6) is 0.669. The summed E-state index contributed by atoms with van der Waals surface area (Å²) in [6.07, 6.45) is 0. The maximum Gasteiger partial charge on any atom is 0.192 e. The number of nitrogens with one attached hydrogen (secondary N) is 1. The SMILES string of the molecule is Cc1nc2ccc(Nc3c(C)cccc3N)cc2o1. The van der Waals surface area contributed by atoms with Gasteiger partial charge in [-0.3, -0.25) is 0 Å². The average molecular weight is 253 g/mol. The number of benzene rings is 2. The van der Waals surface area contributed by atoms with Crippen molar-refractivity contribution in [3.8, 4) is 0 Å². The number of oxazole rings is 1. The molecule has 4 nitrogen and oxygen atoms in total. The van der Waals surface area contributed by atoms with E-state index in [4.69, 9.17) is 10.2 Å². The fraction of sp³-hybridized carbons (Fsp3) is 0.133. The van der Waals surface area contributed by atoms with Crippen molar-refractivity contribution in [2.45, 2.75) is 13.8 Å². The molecule has 0 saturated carbocycles. The number of aryl methyl sites for hydroxylation is 2. The maximum atomic E-state index is 5.99. The fourth-order valence-corrected chi connectivity index (χ4v) is 2.12. The van der Waals surface area contributed by atoms with Crippen LogP contribution in [-0.2, 0) is 0 Å². The Morgan fingerprint density at radius 2 is 2.00 bits per heavy atom. The van der Waals surface area contributed by atoms with Gasteiger partial charge in [0.15, 0.2) is 11.5 Å². The van der Waals surface area contributed by atoms with Gasteiger partial charge in [-0.2, -0.15) is 0 Å². The minimum Gasteiger partial charge on any atom is -0.441 e. The Bertz CT molecular complexity index is 726. The lowest BCUT2D eigenvalue weighted by atomic mass is 10.1. The van der Waals surface area contributed by atoms with Crippen LogP contribution in [0.5, 0.6) is 0 Å². The van der Waals surface area contributed by atoms with Crippen molar-refractivity contribution in [2.24, 2.45) is 0 Å². The Morgan fingerprint density at radius 1 is 1.16 bits per heavy atom. The summed E-state index contributed by atoms with van der Waals surface area (Å²) in [6.45, 7) is 3.86. The molecule has 2 aromatic carbocycles. The molecule has 4 heteroatoms. The first-order valence-electron chi connectivity index (χ1n) is 6.13. The van der Waals surface area contributed by atoms with E-state index in [2.05, 4.69) is 10.3 Å². The molecule has 1 aromatic heterocycles. The molecule has 0 radical (unpaired) electrons. The molecule has 0 saturated heterocycles. The van der Waals surface area contributed by atoms with Crippen molar-refractivity contribution >= 4 is 28.2 Å². The highest BCUT2D eigenvalue weighted by molar-refractivity contribution is 5.82. The summed E-state index contributed by atoms with van der Waals surface area (Å²) in [5.41, 5.74) is 11.3. The molecule has 19 heavy (non-hydrogen) atoms. The van der Waals surface area contributed by atoms with Crippen LogP contribution < -0.4 is 11.1 Å². The van der Waals surface area contributed by atoms with Crippen LogP contribution in [0.1, 0.15) is 11.5 Å². The summed E-state index contributed by atoms with van der Waals surface area (Å²) in [4.78, 5) is 4.28. The lowest BCUT2D eigenvalue weighted by Gasteiger charge is -2.11. The zero-order chi connectivity index (χ0) is 13.4. The Kier molecular flexibility index (Phi) is 2.63. The van der Waals surface area contributed by atoms with Crippen molar-refractivity contribution in [1.29, 1.82) is 0 Å². The molecule has 0 spiro atoms. The number of hydrogen-bond donors (Lipinski definition) is 2. The van der Waals surface area contributed by atoms with Gasteiger partial charge < -0.3 is 15.5 Å². The molecule has 0 aliphatic heterocycles. The van der Waals surface area contributed by atoms with Gasteiger partial charge in [0.1, 0.15) is 5.52 Å². The van der Waals surface area contributed by atoms with Crippen molar-refractivity contribution < 1.29 is 4.42 Å². The third kappa shape index (κ3) is 2.12. The molecule has 96 valence electrons. The van der Waals surface area contributed by atoms with Gasteiger partial charge in [-0.05, 0) is 30.7 Å². The van der Waals surface area contributed by atoms with Crippen molar-refractivity contribution in [1.82, 2.24) is 4.98 Å². The molecular weight excluding hydrogens is 238 g/mol. The van der Waals surface area contributed by atoms with Gasteiger partial charge in [-0.15, -0.1) is 0 Å². The zero-order valence-electron chi connectivity index (χ0n) is 10.9. The lowest BCUT2D eigenvalue weighted by Crippen LogP contribution is -1.98. The second-order valence-corrected chi connectivity index (χ2v) is 4.58. The number of nitrogens with two attached hydrogens (primary N) is 1. The van der Waals surface area contributed by atoms with Gasteiger partial charge in [-0.25, -0.2) is 4.98 Å². The molecule has 0 unspecified atom stereocenters. The molecule has 1 heterocycles.